The third-order valence-corrected chi connectivity index (χ3v) is 4.45. The normalized spacial score (nSPS) is 15.1. The monoisotopic (exact) mass is 438 g/mol. The predicted octanol–water partition coefficient (Wildman–Crippen LogP) is 2.29. The number of rotatable bonds is 4. The zero-order valence-electron chi connectivity index (χ0n) is 16.6. The van der Waals surface area contributed by atoms with Gasteiger partial charge in [0.25, 0.3) is 0 Å². The van der Waals surface area contributed by atoms with Gasteiger partial charge >= 0.3 is 12.1 Å². The number of aliphatic imine (C=N–C) groups is 1. The van der Waals surface area contributed by atoms with E-state index in [4.69, 9.17) is 20.6 Å². The van der Waals surface area contributed by atoms with E-state index in [9.17, 15) is 18.0 Å². The number of ether oxygens (including phenoxy) is 2. The maximum atomic E-state index is 13.5. The van der Waals surface area contributed by atoms with Gasteiger partial charge in [-0.3, -0.25) is 5.41 Å². The van der Waals surface area contributed by atoms with Crippen molar-refractivity contribution in [2.24, 2.45) is 4.99 Å². The number of hydrogen-bond donors (Lipinski definition) is 3. The fourth-order valence-electron chi connectivity index (χ4n) is 2.99. The molecule has 0 saturated carbocycles. The minimum Gasteiger partial charge on any atom is -0.462 e. The summed E-state index contributed by atoms with van der Waals surface area (Å²) in [6.45, 7) is 3.45. The molecule has 1 fully saturated rings. The summed E-state index contributed by atoms with van der Waals surface area (Å²) in [6.07, 6.45) is -2.45. The van der Waals surface area contributed by atoms with E-state index < -0.39 is 29.1 Å². The molecule has 3 rings (SSSR count). The van der Waals surface area contributed by atoms with Crippen LogP contribution in [0.4, 0.5) is 19.0 Å². The molecule has 166 valence electrons. The van der Waals surface area contributed by atoms with Crippen LogP contribution in [0.2, 0.25) is 0 Å². The van der Waals surface area contributed by atoms with Crippen LogP contribution in [0.3, 0.4) is 0 Å². The Kier molecular flexibility index (Phi) is 6.59. The Morgan fingerprint density at radius 3 is 2.74 bits per heavy atom. The maximum absolute atomic E-state index is 13.5. The molecule has 4 N–H and O–H groups in total. The van der Waals surface area contributed by atoms with Crippen LogP contribution in [-0.4, -0.2) is 65.4 Å². The van der Waals surface area contributed by atoms with Crippen molar-refractivity contribution in [3.05, 3.63) is 46.9 Å². The molecule has 2 aromatic rings. The lowest BCUT2D eigenvalue weighted by molar-refractivity contribution is -0.137. The van der Waals surface area contributed by atoms with Crippen LogP contribution in [0.1, 0.15) is 34.1 Å². The van der Waals surface area contributed by atoms with Crippen LogP contribution in [0, 0.1) is 5.41 Å². The number of nitrogens with zero attached hydrogens (tertiary/aromatic N) is 3. The van der Waals surface area contributed by atoms with Gasteiger partial charge in [-0.2, -0.15) is 13.2 Å². The van der Waals surface area contributed by atoms with Crippen molar-refractivity contribution < 1.29 is 27.4 Å². The number of carbonyl (C=O) groups is 1. The molecular weight excluding hydrogens is 417 g/mol. The minimum atomic E-state index is -4.74. The number of alkyl halides is 3. The van der Waals surface area contributed by atoms with Crippen LogP contribution in [0.15, 0.2) is 29.5 Å². The Bertz CT molecular complexity index is 996. The summed E-state index contributed by atoms with van der Waals surface area (Å²) in [7, 11) is 0. The first-order chi connectivity index (χ1) is 14.7. The largest absolute Gasteiger partial charge is 0.462 e. The van der Waals surface area contributed by atoms with Crippen LogP contribution >= 0.6 is 0 Å². The second kappa shape index (κ2) is 9.16. The smallest absolute Gasteiger partial charge is 0.417 e. The summed E-state index contributed by atoms with van der Waals surface area (Å²) < 4.78 is 50.6. The molecule has 3 heterocycles. The summed E-state index contributed by atoms with van der Waals surface area (Å²) in [4.78, 5) is 24.5. The highest BCUT2D eigenvalue weighted by molar-refractivity contribution is 6.11. The van der Waals surface area contributed by atoms with Gasteiger partial charge in [0.05, 0.1) is 36.6 Å². The Labute approximate surface area is 175 Å². The van der Waals surface area contributed by atoms with E-state index in [1.54, 1.807) is 11.8 Å². The van der Waals surface area contributed by atoms with Gasteiger partial charge in [-0.05, 0) is 19.1 Å². The van der Waals surface area contributed by atoms with E-state index in [0.717, 1.165) is 6.20 Å². The van der Waals surface area contributed by atoms with Crippen molar-refractivity contribution >= 4 is 23.5 Å². The van der Waals surface area contributed by atoms with Gasteiger partial charge < -0.3 is 25.1 Å². The van der Waals surface area contributed by atoms with Crippen LogP contribution in [0.5, 0.6) is 0 Å². The molecule has 2 aromatic heterocycles. The molecular formula is C19H21F3N6O3. The van der Waals surface area contributed by atoms with Crippen molar-refractivity contribution in [2.45, 2.75) is 13.1 Å². The maximum Gasteiger partial charge on any atom is 0.417 e. The van der Waals surface area contributed by atoms with Gasteiger partial charge in [0.1, 0.15) is 5.82 Å². The summed E-state index contributed by atoms with van der Waals surface area (Å²) in [6, 6.07) is 2.15. The third kappa shape index (κ3) is 5.20. The predicted molar refractivity (Wildman–Crippen MR) is 106 cm³/mol. The van der Waals surface area contributed by atoms with E-state index >= 15 is 0 Å². The van der Waals surface area contributed by atoms with Gasteiger partial charge in [-0.15, -0.1) is 0 Å². The van der Waals surface area contributed by atoms with E-state index in [0.29, 0.717) is 38.1 Å². The lowest BCUT2D eigenvalue weighted by Gasteiger charge is -2.29. The summed E-state index contributed by atoms with van der Waals surface area (Å²) in [5.41, 5.74) is 4.37. The first-order valence-electron chi connectivity index (χ1n) is 9.39. The van der Waals surface area contributed by atoms with Crippen molar-refractivity contribution in [1.82, 2.24) is 14.9 Å². The number of morpholine rings is 1. The number of nitrogens with two attached hydrogens (primary N) is 1. The van der Waals surface area contributed by atoms with Gasteiger partial charge in [0.2, 0.25) is 0 Å². The number of esters is 1. The molecule has 12 heteroatoms. The van der Waals surface area contributed by atoms with Crippen molar-refractivity contribution in [3.8, 4) is 0 Å². The molecule has 0 spiro atoms. The number of H-pyrrole nitrogens is 1. The molecule has 0 unspecified atom stereocenters. The molecule has 0 aromatic carbocycles. The average Bonchev–Trinajstić information content (AvgIpc) is 3.22. The Hall–Kier alpha value is -3.41. The number of aromatic nitrogens is 2. The lowest BCUT2D eigenvalue weighted by atomic mass is 10.1. The van der Waals surface area contributed by atoms with E-state index in [1.807, 2.05) is 0 Å². The fourth-order valence-corrected chi connectivity index (χ4v) is 2.99. The molecule has 0 bridgehead atoms. The number of nitrogen functional groups attached to an aromatic ring is 1. The highest BCUT2D eigenvalue weighted by Crippen LogP contribution is 2.33. The molecule has 0 atom stereocenters. The number of carbonyl (C=O) groups excluding carboxylic acids is 1. The number of hydrogen-bond acceptors (Lipinski definition) is 6. The first kappa shape index (κ1) is 22.3. The van der Waals surface area contributed by atoms with Crippen molar-refractivity contribution in [1.29, 1.82) is 5.41 Å². The van der Waals surface area contributed by atoms with E-state index in [-0.39, 0.29) is 23.8 Å². The molecule has 0 radical (unpaired) electrons. The highest BCUT2D eigenvalue weighted by atomic mass is 19.4. The molecule has 1 saturated heterocycles. The average molecular weight is 438 g/mol. The SMILES string of the molecule is CCOC(=O)c1c[nH]c(/C(=N\C(=N)c2cnc(N)cc2C(F)(F)F)N2CCOCC2)c1. The standard InChI is InChI=1S/C19H21F3N6O3/c1-2-31-18(29)11-7-14(25-9-11)17(28-3-5-30-6-4-28)27-16(24)12-10-26-15(23)8-13(12)19(20,21)22/h7-10,24-25H,2-6H2,1H3,(H2,23,26)/b24-16?,27-17+. The quantitative estimate of drug-likeness (QED) is 0.382. The third-order valence-electron chi connectivity index (χ3n) is 4.45. The summed E-state index contributed by atoms with van der Waals surface area (Å²) in [5.74, 6) is -1.31. The molecule has 0 amide bonds. The minimum absolute atomic E-state index is 0.193. The number of aromatic amines is 1. The van der Waals surface area contributed by atoms with E-state index in [1.165, 1.54) is 12.3 Å². The zero-order chi connectivity index (χ0) is 22.6. The summed E-state index contributed by atoms with van der Waals surface area (Å²) in [5, 5.41) is 8.24. The summed E-state index contributed by atoms with van der Waals surface area (Å²) >= 11 is 0. The van der Waals surface area contributed by atoms with E-state index in [2.05, 4.69) is 15.0 Å². The Morgan fingerprint density at radius 1 is 1.39 bits per heavy atom. The van der Waals surface area contributed by atoms with Crippen molar-refractivity contribution in [3.63, 3.8) is 0 Å². The number of amidine groups is 2. The topological polar surface area (TPSA) is 130 Å². The Balaban J connectivity index is 2.03. The molecule has 1 aliphatic rings. The van der Waals surface area contributed by atoms with Crippen LogP contribution in [-0.2, 0) is 15.7 Å². The number of halogens is 3. The first-order valence-corrected chi connectivity index (χ1v) is 9.39. The van der Waals surface area contributed by atoms with Gasteiger partial charge in [0.15, 0.2) is 11.7 Å². The Morgan fingerprint density at radius 2 is 2.10 bits per heavy atom. The number of anilines is 1. The lowest BCUT2D eigenvalue weighted by Crippen LogP contribution is -2.41. The molecule has 0 aliphatic carbocycles. The fraction of sp³-hybridized carbons (Fsp3) is 0.368. The second-order valence-electron chi connectivity index (χ2n) is 6.56. The second-order valence-corrected chi connectivity index (χ2v) is 6.56. The molecule has 1 aliphatic heterocycles. The molecule has 31 heavy (non-hydrogen) atoms. The van der Waals surface area contributed by atoms with Gasteiger partial charge in [-0.1, -0.05) is 0 Å². The van der Waals surface area contributed by atoms with Gasteiger partial charge in [-0.25, -0.2) is 14.8 Å². The molecule has 9 nitrogen and oxygen atoms in total. The number of pyridine rings is 1. The van der Waals surface area contributed by atoms with Crippen LogP contribution in [0.25, 0.3) is 0 Å². The van der Waals surface area contributed by atoms with Crippen molar-refractivity contribution in [2.75, 3.05) is 38.6 Å². The number of nitrogens with one attached hydrogen (secondary N) is 2. The highest BCUT2D eigenvalue weighted by Gasteiger charge is 2.35. The zero-order valence-corrected chi connectivity index (χ0v) is 16.6. The van der Waals surface area contributed by atoms with Gasteiger partial charge in [0, 0.05) is 31.0 Å². The van der Waals surface area contributed by atoms with Crippen LogP contribution < -0.4 is 5.73 Å².